The maximum Gasteiger partial charge on any atom is 0.248 e. The molecule has 1 aromatic heterocycles. The summed E-state index contributed by atoms with van der Waals surface area (Å²) in [7, 11) is 0.532. The molecule has 0 bridgehead atoms. The fraction of sp³-hybridized carbons (Fsp3) is 0.600. The van der Waals surface area contributed by atoms with E-state index < -0.39 is 15.9 Å². The van der Waals surface area contributed by atoms with E-state index in [1.54, 1.807) is 7.05 Å². The standard InChI is InChI=1S/C10H19N5O4S/c1-14-6-8(10(11)13-14)20(17,18)15(2)7-9(16)12-4-5-19-3/h6H,4-5,7H2,1-3H3,(H2,11,13)(H,12,16). The number of nitrogen functional groups attached to an aromatic ring is 1. The van der Waals surface area contributed by atoms with Crippen LogP contribution in [0.4, 0.5) is 5.82 Å². The van der Waals surface area contributed by atoms with Crippen molar-refractivity contribution in [3.8, 4) is 0 Å². The summed E-state index contributed by atoms with van der Waals surface area (Å²) in [6.07, 6.45) is 1.30. The SMILES string of the molecule is COCCNC(=O)CN(C)S(=O)(=O)c1cn(C)nc1N. The van der Waals surface area contributed by atoms with E-state index in [4.69, 9.17) is 10.5 Å². The largest absolute Gasteiger partial charge is 0.383 e. The molecule has 1 aromatic rings. The van der Waals surface area contributed by atoms with Gasteiger partial charge in [0.05, 0.1) is 13.2 Å². The summed E-state index contributed by atoms with van der Waals surface area (Å²) in [5.74, 6) is -0.519. The molecule has 20 heavy (non-hydrogen) atoms. The van der Waals surface area contributed by atoms with Crippen LogP contribution < -0.4 is 11.1 Å². The van der Waals surface area contributed by atoms with Crippen LogP contribution >= 0.6 is 0 Å². The molecule has 0 fully saturated rings. The van der Waals surface area contributed by atoms with E-state index in [1.807, 2.05) is 0 Å². The number of methoxy groups -OCH3 is 1. The normalized spacial score (nSPS) is 11.8. The maximum atomic E-state index is 12.2. The first-order valence-electron chi connectivity index (χ1n) is 5.80. The van der Waals surface area contributed by atoms with Crippen molar-refractivity contribution in [1.82, 2.24) is 19.4 Å². The van der Waals surface area contributed by atoms with Crippen molar-refractivity contribution in [3.63, 3.8) is 0 Å². The molecule has 10 heteroatoms. The lowest BCUT2D eigenvalue weighted by molar-refractivity contribution is -0.121. The highest BCUT2D eigenvalue weighted by Gasteiger charge is 2.27. The summed E-state index contributed by atoms with van der Waals surface area (Å²) in [6.45, 7) is 0.371. The van der Waals surface area contributed by atoms with Crippen LogP contribution in [0.2, 0.25) is 0 Å². The van der Waals surface area contributed by atoms with E-state index in [-0.39, 0.29) is 17.3 Å². The zero-order valence-corrected chi connectivity index (χ0v) is 12.5. The minimum atomic E-state index is -3.84. The average molecular weight is 305 g/mol. The van der Waals surface area contributed by atoms with Crippen molar-refractivity contribution in [2.24, 2.45) is 7.05 Å². The molecule has 114 valence electrons. The molecule has 1 rings (SSSR count). The molecule has 0 aliphatic rings. The molecule has 0 unspecified atom stereocenters. The van der Waals surface area contributed by atoms with Crippen molar-refractivity contribution in [2.45, 2.75) is 4.90 Å². The predicted octanol–water partition coefficient (Wildman–Crippen LogP) is -1.61. The first-order valence-corrected chi connectivity index (χ1v) is 7.24. The summed E-state index contributed by atoms with van der Waals surface area (Å²) >= 11 is 0. The molecule has 0 aromatic carbocycles. The third-order valence-electron chi connectivity index (χ3n) is 2.50. The second kappa shape index (κ2) is 6.68. The van der Waals surface area contributed by atoms with E-state index in [1.165, 1.54) is 25.0 Å². The number of hydrogen-bond acceptors (Lipinski definition) is 6. The minimum Gasteiger partial charge on any atom is -0.383 e. The summed E-state index contributed by atoms with van der Waals surface area (Å²) < 4.78 is 31.4. The van der Waals surface area contributed by atoms with E-state index in [0.717, 1.165) is 4.31 Å². The van der Waals surface area contributed by atoms with Crippen LogP contribution in [0.1, 0.15) is 0 Å². The summed E-state index contributed by atoms with van der Waals surface area (Å²) in [6, 6.07) is 0. The number of nitrogens with zero attached hydrogens (tertiary/aromatic N) is 3. The minimum absolute atomic E-state index is 0.0980. The lowest BCUT2D eigenvalue weighted by Gasteiger charge is -2.16. The zero-order valence-electron chi connectivity index (χ0n) is 11.7. The van der Waals surface area contributed by atoms with Gasteiger partial charge in [-0.15, -0.1) is 0 Å². The van der Waals surface area contributed by atoms with Gasteiger partial charge in [0.15, 0.2) is 5.82 Å². The fourth-order valence-electron chi connectivity index (χ4n) is 1.49. The van der Waals surface area contributed by atoms with Gasteiger partial charge in [0.1, 0.15) is 4.90 Å². The number of anilines is 1. The van der Waals surface area contributed by atoms with E-state index in [2.05, 4.69) is 10.4 Å². The van der Waals surface area contributed by atoms with Crippen molar-refractivity contribution < 1.29 is 17.9 Å². The van der Waals surface area contributed by atoms with Gasteiger partial charge >= 0.3 is 0 Å². The number of likely N-dealkylation sites (N-methyl/N-ethyl adjacent to an activating group) is 1. The van der Waals surface area contributed by atoms with Crippen molar-refractivity contribution in [2.75, 3.05) is 39.6 Å². The number of carbonyl (C=O) groups excluding carboxylic acids is 1. The number of aromatic nitrogens is 2. The van der Waals surface area contributed by atoms with Crippen LogP contribution in [0, 0.1) is 0 Å². The molecule has 1 heterocycles. The molecule has 3 N–H and O–H groups in total. The summed E-state index contributed by atoms with van der Waals surface area (Å²) in [5, 5.41) is 6.31. The molecule has 0 spiro atoms. The first kappa shape index (κ1) is 16.4. The average Bonchev–Trinajstić information content (AvgIpc) is 2.69. The van der Waals surface area contributed by atoms with Crippen LogP contribution in [-0.4, -0.2) is 62.3 Å². The lowest BCUT2D eigenvalue weighted by atomic mass is 10.5. The van der Waals surface area contributed by atoms with Gasteiger partial charge in [0.2, 0.25) is 15.9 Å². The van der Waals surface area contributed by atoms with Crippen LogP contribution in [0.15, 0.2) is 11.1 Å². The Kier molecular flexibility index (Phi) is 5.48. The van der Waals surface area contributed by atoms with E-state index in [9.17, 15) is 13.2 Å². The molecule has 0 aliphatic carbocycles. The van der Waals surface area contributed by atoms with Gasteiger partial charge in [-0.3, -0.25) is 9.48 Å². The molecule has 0 saturated heterocycles. The Morgan fingerprint density at radius 3 is 2.75 bits per heavy atom. The number of nitrogens with two attached hydrogens (primary N) is 1. The maximum absolute atomic E-state index is 12.2. The molecule has 0 atom stereocenters. The summed E-state index contributed by atoms with van der Waals surface area (Å²) in [4.78, 5) is 11.5. The molecule has 0 aliphatic heterocycles. The Balaban J connectivity index is 2.73. The van der Waals surface area contributed by atoms with Crippen molar-refractivity contribution >= 4 is 21.7 Å². The number of nitrogens with one attached hydrogen (secondary N) is 1. The van der Waals surface area contributed by atoms with Gasteiger partial charge < -0.3 is 15.8 Å². The smallest absolute Gasteiger partial charge is 0.248 e. The number of rotatable bonds is 7. The molecule has 1 amide bonds. The number of sulfonamides is 1. The van der Waals surface area contributed by atoms with Crippen molar-refractivity contribution in [1.29, 1.82) is 0 Å². The number of amides is 1. The highest BCUT2D eigenvalue weighted by atomic mass is 32.2. The second-order valence-electron chi connectivity index (χ2n) is 4.16. The Hall–Kier alpha value is -1.65. The lowest BCUT2D eigenvalue weighted by Crippen LogP contribution is -2.39. The van der Waals surface area contributed by atoms with Crippen LogP contribution in [-0.2, 0) is 26.6 Å². The predicted molar refractivity (Wildman–Crippen MR) is 72.3 cm³/mol. The number of carbonyl (C=O) groups is 1. The Bertz CT molecular complexity index is 568. The van der Waals surface area contributed by atoms with E-state index in [0.29, 0.717) is 13.2 Å². The van der Waals surface area contributed by atoms with Gasteiger partial charge in [-0.05, 0) is 0 Å². The number of ether oxygens (including phenoxy) is 1. The zero-order chi connectivity index (χ0) is 15.3. The highest BCUT2D eigenvalue weighted by molar-refractivity contribution is 7.89. The highest BCUT2D eigenvalue weighted by Crippen LogP contribution is 2.19. The number of hydrogen-bond donors (Lipinski definition) is 2. The third-order valence-corrected chi connectivity index (χ3v) is 4.32. The quantitative estimate of drug-likeness (QED) is 0.585. The Labute approximate surface area is 117 Å². The van der Waals surface area contributed by atoms with Crippen LogP contribution in [0.3, 0.4) is 0 Å². The van der Waals surface area contributed by atoms with Gasteiger partial charge in [0, 0.05) is 33.9 Å². The topological polar surface area (TPSA) is 120 Å². The molecular formula is C10H19N5O4S. The third kappa shape index (κ3) is 3.92. The first-order chi connectivity index (χ1) is 9.28. The number of aryl methyl sites for hydroxylation is 1. The van der Waals surface area contributed by atoms with E-state index >= 15 is 0 Å². The van der Waals surface area contributed by atoms with Gasteiger partial charge in [-0.1, -0.05) is 0 Å². The van der Waals surface area contributed by atoms with Crippen molar-refractivity contribution in [3.05, 3.63) is 6.20 Å². The van der Waals surface area contributed by atoms with Gasteiger partial charge in [-0.25, -0.2) is 8.42 Å². The molecular weight excluding hydrogens is 286 g/mol. The molecule has 0 radical (unpaired) electrons. The fourth-order valence-corrected chi connectivity index (χ4v) is 2.70. The van der Waals surface area contributed by atoms with Gasteiger partial charge in [0.25, 0.3) is 0 Å². The monoisotopic (exact) mass is 305 g/mol. The van der Waals surface area contributed by atoms with Gasteiger partial charge in [-0.2, -0.15) is 9.40 Å². The Morgan fingerprint density at radius 1 is 1.60 bits per heavy atom. The Morgan fingerprint density at radius 2 is 2.25 bits per heavy atom. The molecule has 0 saturated carbocycles. The van der Waals surface area contributed by atoms with Crippen LogP contribution in [0.5, 0.6) is 0 Å². The van der Waals surface area contributed by atoms with Crippen LogP contribution in [0.25, 0.3) is 0 Å². The molecule has 9 nitrogen and oxygen atoms in total. The second-order valence-corrected chi connectivity index (χ2v) is 6.17. The summed E-state index contributed by atoms with van der Waals surface area (Å²) in [5.41, 5.74) is 5.54.